The lowest BCUT2D eigenvalue weighted by atomic mass is 10.1. The Hall–Kier alpha value is -2.55. The number of carbonyl (C=O) groups is 2. The number of rotatable bonds is 6. The number of nitrogens with zero attached hydrogens (tertiary/aromatic N) is 5. The Balaban J connectivity index is 1.94. The van der Waals surface area contributed by atoms with Crippen molar-refractivity contribution < 1.29 is 34.8 Å². The molecule has 6 atom stereocenters. The van der Waals surface area contributed by atoms with Gasteiger partial charge in [-0.1, -0.05) is 0 Å². The van der Waals surface area contributed by atoms with Gasteiger partial charge >= 0.3 is 0 Å². The van der Waals surface area contributed by atoms with Crippen LogP contribution in [0.5, 0.6) is 0 Å². The van der Waals surface area contributed by atoms with Gasteiger partial charge in [-0.05, 0) is 6.92 Å². The first kappa shape index (κ1) is 21.2. The van der Waals surface area contributed by atoms with E-state index in [9.17, 15) is 30.0 Å². The molecular formula is C16H22N6O7. The number of nitrogens with two attached hydrogens (primary N) is 1. The first-order valence-electron chi connectivity index (χ1n) is 8.74. The van der Waals surface area contributed by atoms with Crippen LogP contribution in [0.15, 0.2) is 12.7 Å². The number of aliphatic hydroxyl groups excluding tert-OH is 4. The highest BCUT2D eigenvalue weighted by Gasteiger charge is 2.44. The summed E-state index contributed by atoms with van der Waals surface area (Å²) >= 11 is 0. The van der Waals surface area contributed by atoms with Crippen LogP contribution in [0.4, 0.5) is 5.82 Å². The molecule has 0 radical (unpaired) electrons. The van der Waals surface area contributed by atoms with Crippen LogP contribution in [0.3, 0.4) is 0 Å². The maximum absolute atomic E-state index is 12.4. The van der Waals surface area contributed by atoms with E-state index in [1.807, 2.05) is 0 Å². The molecule has 2 aromatic rings. The predicted molar refractivity (Wildman–Crippen MR) is 96.4 cm³/mol. The fraction of sp³-hybridized carbons (Fsp3) is 0.562. The van der Waals surface area contributed by atoms with E-state index in [2.05, 4.69) is 15.0 Å². The van der Waals surface area contributed by atoms with Crippen molar-refractivity contribution in [3.05, 3.63) is 12.7 Å². The standard InChI is InChI=1S/C16H22N6O7/c1-6(24)8(17)11(26)15(28)21(2)13-9-14(19-4-18-13)22(5-20-9)16-12(27)10(25)7(3-23)29-16/h4-8,10,12,16,23-25,27H,3,17H2,1-2H3/t6-,7-,8+,10-,12-,16-/m1/s1. The fourth-order valence-electron chi connectivity index (χ4n) is 3.00. The van der Waals surface area contributed by atoms with Crippen LogP contribution in [-0.4, -0.2) is 95.7 Å². The lowest BCUT2D eigenvalue weighted by Crippen LogP contribution is -2.48. The van der Waals surface area contributed by atoms with Crippen molar-refractivity contribution in [3.8, 4) is 0 Å². The van der Waals surface area contributed by atoms with E-state index in [1.54, 1.807) is 0 Å². The van der Waals surface area contributed by atoms with E-state index in [1.165, 1.54) is 24.9 Å². The summed E-state index contributed by atoms with van der Waals surface area (Å²) in [6, 6.07) is -1.39. The number of anilines is 1. The molecule has 13 nitrogen and oxygen atoms in total. The summed E-state index contributed by atoms with van der Waals surface area (Å²) in [4.78, 5) is 37.7. The van der Waals surface area contributed by atoms with Gasteiger partial charge in [0.2, 0.25) is 5.78 Å². The van der Waals surface area contributed by atoms with Gasteiger partial charge < -0.3 is 30.9 Å². The average Bonchev–Trinajstić information content (AvgIpc) is 3.26. The van der Waals surface area contributed by atoms with Crippen molar-refractivity contribution in [3.63, 3.8) is 0 Å². The number of aromatic nitrogens is 4. The number of carbonyl (C=O) groups excluding carboxylic acids is 2. The maximum atomic E-state index is 12.4. The van der Waals surface area contributed by atoms with E-state index in [0.717, 1.165) is 11.2 Å². The Bertz CT molecular complexity index is 918. The number of likely N-dealkylation sites (N-methyl/N-ethyl adjacent to an activating group) is 1. The molecule has 1 amide bonds. The van der Waals surface area contributed by atoms with Crippen LogP contribution >= 0.6 is 0 Å². The summed E-state index contributed by atoms with van der Waals surface area (Å²) in [6.45, 7) is 0.797. The number of amides is 1. The molecular weight excluding hydrogens is 388 g/mol. The van der Waals surface area contributed by atoms with Crippen LogP contribution in [0.2, 0.25) is 0 Å². The van der Waals surface area contributed by atoms with E-state index >= 15 is 0 Å². The minimum atomic E-state index is -1.39. The van der Waals surface area contributed by atoms with E-state index < -0.39 is 55.0 Å². The Kier molecular flexibility index (Phi) is 5.88. The van der Waals surface area contributed by atoms with Gasteiger partial charge in [0.15, 0.2) is 23.2 Å². The van der Waals surface area contributed by atoms with Crippen molar-refractivity contribution in [2.75, 3.05) is 18.6 Å². The molecule has 0 bridgehead atoms. The zero-order valence-electron chi connectivity index (χ0n) is 15.7. The summed E-state index contributed by atoms with van der Waals surface area (Å²) in [5, 5.41) is 38.9. The zero-order valence-corrected chi connectivity index (χ0v) is 15.7. The lowest BCUT2D eigenvalue weighted by molar-refractivity contribution is -0.138. The molecule has 2 aromatic heterocycles. The first-order chi connectivity index (χ1) is 13.7. The fourth-order valence-corrected chi connectivity index (χ4v) is 3.00. The molecule has 3 rings (SSSR count). The Labute approximate surface area is 164 Å². The monoisotopic (exact) mass is 410 g/mol. The van der Waals surface area contributed by atoms with Crippen molar-refractivity contribution in [2.24, 2.45) is 5.73 Å². The van der Waals surface area contributed by atoms with Crippen LogP contribution in [-0.2, 0) is 14.3 Å². The average molecular weight is 410 g/mol. The second kappa shape index (κ2) is 8.06. The number of ether oxygens (including phenoxy) is 1. The smallest absolute Gasteiger partial charge is 0.297 e. The molecule has 6 N–H and O–H groups in total. The molecule has 0 spiro atoms. The van der Waals surface area contributed by atoms with Gasteiger partial charge in [-0.15, -0.1) is 0 Å². The summed E-state index contributed by atoms with van der Waals surface area (Å²) in [6.07, 6.45) is -3.55. The molecule has 29 heavy (non-hydrogen) atoms. The summed E-state index contributed by atoms with van der Waals surface area (Å²) < 4.78 is 6.79. The van der Waals surface area contributed by atoms with Gasteiger partial charge in [0, 0.05) is 7.05 Å². The predicted octanol–water partition coefficient (Wildman–Crippen LogP) is -3.32. The minimum absolute atomic E-state index is 0.00311. The van der Waals surface area contributed by atoms with Crippen molar-refractivity contribution in [2.45, 2.75) is 43.6 Å². The van der Waals surface area contributed by atoms with Crippen LogP contribution in [0, 0.1) is 0 Å². The van der Waals surface area contributed by atoms with Crippen molar-refractivity contribution in [1.29, 1.82) is 0 Å². The van der Waals surface area contributed by atoms with E-state index in [4.69, 9.17) is 10.5 Å². The Morgan fingerprint density at radius 2 is 2.00 bits per heavy atom. The van der Waals surface area contributed by atoms with Gasteiger partial charge in [-0.2, -0.15) is 0 Å². The highest BCUT2D eigenvalue weighted by Crippen LogP contribution is 2.32. The number of Topliss-reactive ketones (excluding diaryl/α,β-unsaturated/α-hetero) is 1. The van der Waals surface area contributed by atoms with E-state index in [0.29, 0.717) is 0 Å². The molecule has 158 valence electrons. The Morgan fingerprint density at radius 1 is 1.31 bits per heavy atom. The van der Waals surface area contributed by atoms with Crippen molar-refractivity contribution in [1.82, 2.24) is 19.5 Å². The number of aliphatic hydroxyl groups is 4. The highest BCUT2D eigenvalue weighted by atomic mass is 16.6. The number of ketones is 1. The van der Waals surface area contributed by atoms with Gasteiger partial charge in [0.25, 0.3) is 5.91 Å². The minimum Gasteiger partial charge on any atom is -0.394 e. The second-order valence-corrected chi connectivity index (χ2v) is 6.74. The summed E-state index contributed by atoms with van der Waals surface area (Å²) in [5.74, 6) is -2.00. The SMILES string of the molecule is C[C@@H](O)[C@H](N)C(=O)C(=O)N(C)c1ncnc2c1ncn2[C@@H]1O[C@H](CO)[C@@H](O)[C@H]1O. The quantitative estimate of drug-likeness (QED) is 0.299. The van der Waals surface area contributed by atoms with E-state index in [-0.39, 0.29) is 17.0 Å². The van der Waals surface area contributed by atoms with Gasteiger partial charge in [0.05, 0.1) is 25.1 Å². The molecule has 13 heteroatoms. The van der Waals surface area contributed by atoms with Crippen LogP contribution in [0.25, 0.3) is 11.2 Å². The lowest BCUT2D eigenvalue weighted by Gasteiger charge is -2.19. The zero-order chi connectivity index (χ0) is 21.5. The molecule has 1 aliphatic heterocycles. The van der Waals surface area contributed by atoms with Crippen molar-refractivity contribution >= 4 is 28.7 Å². The third-order valence-corrected chi connectivity index (χ3v) is 4.79. The molecule has 1 aliphatic rings. The number of hydrogen-bond acceptors (Lipinski definition) is 11. The number of hydrogen-bond donors (Lipinski definition) is 5. The third kappa shape index (κ3) is 3.59. The number of fused-ring (bicyclic) bond motifs is 1. The molecule has 0 aromatic carbocycles. The second-order valence-electron chi connectivity index (χ2n) is 6.74. The number of imidazole rings is 1. The third-order valence-electron chi connectivity index (χ3n) is 4.79. The molecule has 1 fully saturated rings. The van der Waals surface area contributed by atoms with Gasteiger partial charge in [-0.3, -0.25) is 19.1 Å². The highest BCUT2D eigenvalue weighted by molar-refractivity contribution is 6.43. The van der Waals surface area contributed by atoms with Crippen LogP contribution < -0.4 is 10.6 Å². The summed E-state index contributed by atoms with van der Waals surface area (Å²) in [5.41, 5.74) is 5.83. The van der Waals surface area contributed by atoms with Crippen LogP contribution in [0.1, 0.15) is 13.2 Å². The molecule has 3 heterocycles. The Morgan fingerprint density at radius 3 is 2.59 bits per heavy atom. The van der Waals surface area contributed by atoms with Gasteiger partial charge in [-0.25, -0.2) is 15.0 Å². The normalized spacial score (nSPS) is 26.4. The largest absolute Gasteiger partial charge is 0.394 e. The molecule has 0 aliphatic carbocycles. The molecule has 1 saturated heterocycles. The maximum Gasteiger partial charge on any atom is 0.297 e. The molecule has 0 unspecified atom stereocenters. The topological polar surface area (TPSA) is 197 Å². The first-order valence-corrected chi connectivity index (χ1v) is 8.74. The summed E-state index contributed by atoms with van der Waals surface area (Å²) in [7, 11) is 1.29. The molecule has 0 saturated carbocycles. The van der Waals surface area contributed by atoms with Gasteiger partial charge in [0.1, 0.15) is 24.6 Å².